The van der Waals surface area contributed by atoms with Crippen LogP contribution in [0.15, 0.2) is 12.4 Å². The fourth-order valence-electron chi connectivity index (χ4n) is 0.0714. The molecule has 0 aromatic carbocycles. The van der Waals surface area contributed by atoms with Crippen molar-refractivity contribution in [1.82, 2.24) is 0 Å². The smallest absolute Gasteiger partial charge is 0.241 e. The number of allylic oxidation sites excluding steroid dienone is 1. The minimum Gasteiger partial charge on any atom is -0.241 e. The number of halogens is 8. The van der Waals surface area contributed by atoms with Crippen LogP contribution in [0.3, 0.4) is 0 Å². The van der Waals surface area contributed by atoms with E-state index in [1.54, 1.807) is 0 Å². The fourth-order valence-corrected chi connectivity index (χ4v) is 0.0714. The second-order valence-electron chi connectivity index (χ2n) is 1.58. The molecule has 0 bridgehead atoms. The summed E-state index contributed by atoms with van der Waals surface area (Å²) in [5.74, 6) is 0. The van der Waals surface area contributed by atoms with Crippen LogP contribution < -0.4 is 0 Å². The molecule has 0 atom stereocenters. The first kappa shape index (κ1) is 14.7. The molecule has 0 aliphatic carbocycles. The third-order valence-electron chi connectivity index (χ3n) is 0.403. The Bertz CT molecular complexity index is 140. The number of hydrogen-bond donors (Lipinski definition) is 0. The molecular weight excluding hydrogens is 212 g/mol. The Hall–Kier alpha value is -0.820. The lowest BCUT2D eigenvalue weighted by Gasteiger charge is -1.93. The van der Waals surface area contributed by atoms with Crippen LogP contribution in [0.5, 0.6) is 0 Å². The van der Waals surface area contributed by atoms with Crippen molar-refractivity contribution in [2.45, 2.75) is 12.4 Å². The van der Waals surface area contributed by atoms with Crippen LogP contribution in [0.4, 0.5) is 35.1 Å². The highest BCUT2D eigenvalue weighted by atomic mass is 19.4. The van der Waals surface area contributed by atoms with E-state index in [0.717, 1.165) is 0 Å². The molecule has 0 fully saturated rings. The fraction of sp³-hybridized carbons (Fsp3) is 0.600. The van der Waals surface area contributed by atoms with Crippen molar-refractivity contribution in [3.63, 3.8) is 0 Å². The first-order chi connectivity index (χ1) is 5.62. The van der Waals surface area contributed by atoms with Gasteiger partial charge in [-0.1, -0.05) is 0 Å². The van der Waals surface area contributed by atoms with E-state index in [9.17, 15) is 35.1 Å². The summed E-state index contributed by atoms with van der Waals surface area (Å²) in [5, 5.41) is 0. The molecule has 0 aromatic rings. The molecule has 0 saturated heterocycles. The second kappa shape index (κ2) is 5.76. The van der Waals surface area contributed by atoms with Gasteiger partial charge in [0.1, 0.15) is 0 Å². The first-order valence-corrected chi connectivity index (χ1v) is 2.59. The van der Waals surface area contributed by atoms with Gasteiger partial charge in [0.25, 0.3) is 0 Å². The van der Waals surface area contributed by atoms with Crippen molar-refractivity contribution in [3.8, 4) is 0 Å². The molecule has 8 heteroatoms. The largest absolute Gasteiger partial charge is 0.416 e. The third-order valence-corrected chi connectivity index (χ3v) is 0.403. The molecule has 0 heterocycles. The van der Waals surface area contributed by atoms with E-state index in [-0.39, 0.29) is 0 Å². The number of alkyl halides is 7. The molecule has 0 N–H and O–H groups in total. The third kappa shape index (κ3) is 24.7. The summed E-state index contributed by atoms with van der Waals surface area (Å²) in [7, 11) is 0. The second-order valence-corrected chi connectivity index (χ2v) is 1.58. The van der Waals surface area contributed by atoms with Gasteiger partial charge in [0.15, 0.2) is 6.67 Å². The van der Waals surface area contributed by atoms with Gasteiger partial charge < -0.3 is 0 Å². The molecule has 80 valence electrons. The highest BCUT2D eigenvalue weighted by Gasteiger charge is 2.26. The monoisotopic (exact) mass is 216 g/mol. The van der Waals surface area contributed by atoms with Crippen molar-refractivity contribution in [3.05, 3.63) is 12.4 Å². The molecular formula is C5H4F8. The van der Waals surface area contributed by atoms with Gasteiger partial charge in [-0.25, -0.2) is 8.78 Å². The highest BCUT2D eigenvalue weighted by Crippen LogP contribution is 2.15. The summed E-state index contributed by atoms with van der Waals surface area (Å²) >= 11 is 0. The topological polar surface area (TPSA) is 0 Å². The maximum atomic E-state index is 10.7. The lowest BCUT2D eigenvalue weighted by atomic mass is 10.6. The van der Waals surface area contributed by atoms with Crippen molar-refractivity contribution in [2.24, 2.45) is 0 Å². The summed E-state index contributed by atoms with van der Waals surface area (Å²) in [5.41, 5.74) is 0. The Morgan fingerprint density at radius 2 is 1.23 bits per heavy atom. The highest BCUT2D eigenvalue weighted by molar-refractivity contribution is 4.80. The quantitative estimate of drug-likeness (QED) is 0.543. The van der Waals surface area contributed by atoms with E-state index in [4.69, 9.17) is 0 Å². The average Bonchev–Trinajstić information content (AvgIpc) is 1.84. The van der Waals surface area contributed by atoms with Gasteiger partial charge in [-0.15, -0.1) is 0 Å². The molecule has 13 heavy (non-hydrogen) atoms. The van der Waals surface area contributed by atoms with Gasteiger partial charge in [0, 0.05) is 6.08 Å². The summed E-state index contributed by atoms with van der Waals surface area (Å²) < 4.78 is 84.4. The summed E-state index contributed by atoms with van der Waals surface area (Å²) in [4.78, 5) is 0. The van der Waals surface area contributed by atoms with E-state index < -0.39 is 31.4 Å². The zero-order valence-electron chi connectivity index (χ0n) is 5.89. The molecule has 0 saturated carbocycles. The molecule has 0 aliphatic rings. The first-order valence-electron chi connectivity index (χ1n) is 2.59. The molecule has 0 radical (unpaired) electrons. The van der Waals surface area contributed by atoms with Crippen molar-refractivity contribution in [1.29, 1.82) is 0 Å². The lowest BCUT2D eigenvalue weighted by Crippen LogP contribution is -2.08. The molecule has 0 aliphatic heterocycles. The number of hydrogen-bond acceptors (Lipinski definition) is 0. The van der Waals surface area contributed by atoms with Crippen molar-refractivity contribution >= 4 is 0 Å². The maximum Gasteiger partial charge on any atom is 0.416 e. The van der Waals surface area contributed by atoms with Gasteiger partial charge in [-0.3, -0.25) is 0 Å². The molecule has 0 amide bonds. The number of rotatable bonds is 0. The van der Waals surface area contributed by atoms with Crippen LogP contribution in [0.1, 0.15) is 0 Å². The molecule has 0 rings (SSSR count). The van der Waals surface area contributed by atoms with E-state index in [0.29, 0.717) is 0 Å². The normalized spacial score (nSPS) is 12.6. The summed E-state index contributed by atoms with van der Waals surface area (Å²) in [6.07, 6.45) is -10.2. The minimum atomic E-state index is -4.62. The predicted molar refractivity (Wildman–Crippen MR) is 28.3 cm³/mol. The molecule has 0 nitrogen and oxygen atoms in total. The van der Waals surface area contributed by atoms with E-state index in [1.165, 1.54) is 0 Å². The van der Waals surface area contributed by atoms with Crippen molar-refractivity contribution in [2.75, 3.05) is 6.67 Å². The Balaban J connectivity index is 0. The van der Waals surface area contributed by atoms with Crippen LogP contribution in [-0.2, 0) is 0 Å². The standard InChI is InChI=1S/C3H2F4.C2H2F4/c4-2-1-3(5,6)7;3-1-2(4,5)6/h1-2H;1H2/b2-1-;. The predicted octanol–water partition coefficient (Wildman–Crippen LogP) is 3.55. The van der Waals surface area contributed by atoms with Gasteiger partial charge in [-0.05, 0) is 0 Å². The molecule has 0 aromatic heterocycles. The van der Waals surface area contributed by atoms with Gasteiger partial charge in [0.2, 0.25) is 0 Å². The summed E-state index contributed by atoms with van der Waals surface area (Å²) in [6.45, 7) is -2.23. The van der Waals surface area contributed by atoms with E-state index in [2.05, 4.69) is 0 Å². The van der Waals surface area contributed by atoms with Crippen LogP contribution in [0.2, 0.25) is 0 Å². The van der Waals surface area contributed by atoms with Gasteiger partial charge in [0.05, 0.1) is 6.33 Å². The Labute approximate surface area is 67.8 Å². The Kier molecular flexibility index (Phi) is 6.51. The lowest BCUT2D eigenvalue weighted by molar-refractivity contribution is -0.142. The zero-order valence-corrected chi connectivity index (χ0v) is 5.89. The zero-order chi connectivity index (χ0) is 11.1. The molecule has 0 spiro atoms. The van der Waals surface area contributed by atoms with Crippen LogP contribution in [0, 0.1) is 0 Å². The minimum absolute atomic E-state index is 0.479. The van der Waals surface area contributed by atoms with Crippen LogP contribution in [-0.4, -0.2) is 19.0 Å². The summed E-state index contributed by atoms with van der Waals surface area (Å²) in [6, 6.07) is 0. The van der Waals surface area contributed by atoms with Gasteiger partial charge in [-0.2, -0.15) is 26.3 Å². The van der Waals surface area contributed by atoms with Crippen LogP contribution >= 0.6 is 0 Å². The SMILES string of the molecule is F/C=C\C(F)(F)F.FCC(F)(F)F. The Morgan fingerprint density at radius 3 is 1.23 bits per heavy atom. The Morgan fingerprint density at radius 1 is 0.923 bits per heavy atom. The van der Waals surface area contributed by atoms with Crippen LogP contribution in [0.25, 0.3) is 0 Å². The van der Waals surface area contributed by atoms with Gasteiger partial charge >= 0.3 is 12.4 Å². The average molecular weight is 216 g/mol. The molecule has 0 unspecified atom stereocenters. The van der Waals surface area contributed by atoms with Crippen molar-refractivity contribution < 1.29 is 35.1 Å². The maximum absolute atomic E-state index is 10.7. The van der Waals surface area contributed by atoms with E-state index >= 15 is 0 Å². The van der Waals surface area contributed by atoms with E-state index in [1.807, 2.05) is 0 Å².